The number of nitrogens with one attached hydrogen (secondary N) is 2. The van der Waals surface area contributed by atoms with Crippen molar-refractivity contribution in [2.75, 3.05) is 17.7 Å². The molecule has 120 valence electrons. The van der Waals surface area contributed by atoms with Gasteiger partial charge in [-0.05, 0) is 49.2 Å². The molecule has 0 saturated heterocycles. The third-order valence-corrected chi connectivity index (χ3v) is 3.31. The molecule has 2 N–H and O–H groups in total. The van der Waals surface area contributed by atoms with Gasteiger partial charge in [-0.25, -0.2) is 0 Å². The predicted octanol–water partition coefficient (Wildman–Crippen LogP) is 3.52. The van der Waals surface area contributed by atoms with E-state index in [1.807, 2.05) is 19.9 Å². The van der Waals surface area contributed by atoms with E-state index in [-0.39, 0.29) is 11.8 Å². The number of aryl methyl sites for hydroxylation is 2. The van der Waals surface area contributed by atoms with Crippen molar-refractivity contribution in [1.82, 2.24) is 0 Å². The molecule has 0 aliphatic rings. The molecule has 2 amide bonds. The highest BCUT2D eigenvalue weighted by atomic mass is 16.5. The van der Waals surface area contributed by atoms with E-state index in [9.17, 15) is 9.59 Å². The molecule has 0 unspecified atom stereocenters. The Labute approximate surface area is 135 Å². The van der Waals surface area contributed by atoms with E-state index in [1.165, 1.54) is 6.92 Å². The van der Waals surface area contributed by atoms with Gasteiger partial charge in [0.25, 0.3) is 5.91 Å². The van der Waals surface area contributed by atoms with E-state index in [2.05, 4.69) is 10.6 Å². The molecule has 5 nitrogen and oxygen atoms in total. The summed E-state index contributed by atoms with van der Waals surface area (Å²) in [5, 5.41) is 5.51. The maximum atomic E-state index is 12.6. The number of ether oxygens (including phenoxy) is 1. The summed E-state index contributed by atoms with van der Waals surface area (Å²) in [7, 11) is 1.55. The molecule has 0 aromatic heterocycles. The lowest BCUT2D eigenvalue weighted by molar-refractivity contribution is -0.114. The van der Waals surface area contributed by atoms with E-state index in [0.717, 1.165) is 11.1 Å². The Hall–Kier alpha value is -2.82. The lowest BCUT2D eigenvalue weighted by Crippen LogP contribution is -2.14. The Bertz CT molecular complexity index is 754. The first kappa shape index (κ1) is 16.5. The maximum Gasteiger partial charge on any atom is 0.259 e. The summed E-state index contributed by atoms with van der Waals surface area (Å²) in [6.07, 6.45) is 0. The fourth-order valence-electron chi connectivity index (χ4n) is 2.47. The highest BCUT2D eigenvalue weighted by Gasteiger charge is 2.15. The van der Waals surface area contributed by atoms with Crippen LogP contribution >= 0.6 is 0 Å². The van der Waals surface area contributed by atoms with Gasteiger partial charge in [-0.3, -0.25) is 9.59 Å². The van der Waals surface area contributed by atoms with Crippen LogP contribution in [0, 0.1) is 13.8 Å². The monoisotopic (exact) mass is 312 g/mol. The molecule has 23 heavy (non-hydrogen) atoms. The standard InChI is InChI=1S/C18H20N2O3/c1-11-8-12(2)17(23-4)16(9-11)18(22)20-15-7-5-6-14(10-15)19-13(3)21/h5-10H,1-4H3,(H,19,21)(H,20,22). The van der Waals surface area contributed by atoms with Crippen molar-refractivity contribution in [2.24, 2.45) is 0 Å². The van der Waals surface area contributed by atoms with E-state index in [0.29, 0.717) is 22.7 Å². The predicted molar refractivity (Wildman–Crippen MR) is 91.2 cm³/mol. The highest BCUT2D eigenvalue weighted by Crippen LogP contribution is 2.26. The van der Waals surface area contributed by atoms with Gasteiger partial charge in [-0.1, -0.05) is 12.1 Å². The summed E-state index contributed by atoms with van der Waals surface area (Å²) < 4.78 is 5.35. The van der Waals surface area contributed by atoms with Crippen molar-refractivity contribution in [3.05, 3.63) is 53.1 Å². The first-order valence-electron chi connectivity index (χ1n) is 7.25. The van der Waals surface area contributed by atoms with Crippen molar-refractivity contribution in [3.8, 4) is 5.75 Å². The van der Waals surface area contributed by atoms with Crippen LogP contribution in [0.3, 0.4) is 0 Å². The van der Waals surface area contributed by atoms with Crippen molar-refractivity contribution in [1.29, 1.82) is 0 Å². The van der Waals surface area contributed by atoms with E-state index in [4.69, 9.17) is 4.74 Å². The molecule has 0 aliphatic carbocycles. The zero-order valence-electron chi connectivity index (χ0n) is 13.7. The van der Waals surface area contributed by atoms with Crippen LogP contribution in [0.2, 0.25) is 0 Å². The summed E-state index contributed by atoms with van der Waals surface area (Å²) in [6, 6.07) is 10.7. The second-order valence-corrected chi connectivity index (χ2v) is 5.38. The topological polar surface area (TPSA) is 67.4 Å². The fourth-order valence-corrected chi connectivity index (χ4v) is 2.47. The Morgan fingerprint density at radius 1 is 1.00 bits per heavy atom. The van der Waals surface area contributed by atoms with Crippen LogP contribution in [-0.4, -0.2) is 18.9 Å². The third-order valence-electron chi connectivity index (χ3n) is 3.31. The molecule has 0 fully saturated rings. The summed E-state index contributed by atoms with van der Waals surface area (Å²) in [5.74, 6) is 0.143. The van der Waals surface area contributed by atoms with Gasteiger partial charge < -0.3 is 15.4 Å². The average molecular weight is 312 g/mol. The fraction of sp³-hybridized carbons (Fsp3) is 0.222. The van der Waals surface area contributed by atoms with Gasteiger partial charge >= 0.3 is 0 Å². The molecular weight excluding hydrogens is 292 g/mol. The van der Waals surface area contributed by atoms with Gasteiger partial charge in [0.05, 0.1) is 12.7 Å². The average Bonchev–Trinajstić information content (AvgIpc) is 2.46. The number of anilines is 2. The second kappa shape index (κ2) is 6.96. The SMILES string of the molecule is COc1c(C)cc(C)cc1C(=O)Nc1cccc(NC(C)=O)c1. The van der Waals surface area contributed by atoms with Crippen LogP contribution in [0.5, 0.6) is 5.75 Å². The minimum Gasteiger partial charge on any atom is -0.496 e. The smallest absolute Gasteiger partial charge is 0.259 e. The zero-order valence-corrected chi connectivity index (χ0v) is 13.7. The van der Waals surface area contributed by atoms with Gasteiger partial charge in [0.1, 0.15) is 5.75 Å². The Balaban J connectivity index is 2.28. The summed E-state index contributed by atoms with van der Waals surface area (Å²) in [6.45, 7) is 5.27. The first-order valence-corrected chi connectivity index (χ1v) is 7.25. The quantitative estimate of drug-likeness (QED) is 0.907. The molecule has 0 spiro atoms. The number of carbonyl (C=O) groups is 2. The molecule has 0 heterocycles. The molecule has 0 aliphatic heterocycles. The van der Waals surface area contributed by atoms with Crippen LogP contribution in [-0.2, 0) is 4.79 Å². The number of amides is 2. The summed E-state index contributed by atoms with van der Waals surface area (Å²) in [5.41, 5.74) is 3.60. The molecular formula is C18H20N2O3. The van der Waals surface area contributed by atoms with E-state index in [1.54, 1.807) is 37.4 Å². The normalized spacial score (nSPS) is 10.1. The van der Waals surface area contributed by atoms with Crippen LogP contribution in [0.25, 0.3) is 0 Å². The maximum absolute atomic E-state index is 12.6. The largest absolute Gasteiger partial charge is 0.496 e. The molecule has 2 aromatic rings. The number of methoxy groups -OCH3 is 1. The molecule has 2 rings (SSSR count). The summed E-state index contributed by atoms with van der Waals surface area (Å²) >= 11 is 0. The van der Waals surface area contributed by atoms with Gasteiger partial charge in [0, 0.05) is 18.3 Å². The van der Waals surface area contributed by atoms with E-state index >= 15 is 0 Å². The van der Waals surface area contributed by atoms with Crippen LogP contribution < -0.4 is 15.4 Å². The molecule has 0 bridgehead atoms. The molecule has 0 atom stereocenters. The molecule has 2 aromatic carbocycles. The minimum absolute atomic E-state index is 0.163. The minimum atomic E-state index is -0.256. The Kier molecular flexibility index (Phi) is 5.01. The summed E-state index contributed by atoms with van der Waals surface area (Å²) in [4.78, 5) is 23.7. The van der Waals surface area contributed by atoms with Gasteiger partial charge in [-0.15, -0.1) is 0 Å². The van der Waals surface area contributed by atoms with Crippen molar-refractivity contribution in [2.45, 2.75) is 20.8 Å². The second-order valence-electron chi connectivity index (χ2n) is 5.38. The zero-order chi connectivity index (χ0) is 17.0. The van der Waals surface area contributed by atoms with E-state index < -0.39 is 0 Å². The lowest BCUT2D eigenvalue weighted by Gasteiger charge is -2.13. The number of benzene rings is 2. The number of rotatable bonds is 4. The van der Waals surface area contributed by atoms with Gasteiger partial charge in [0.15, 0.2) is 0 Å². The van der Waals surface area contributed by atoms with Gasteiger partial charge in [-0.2, -0.15) is 0 Å². The number of hydrogen-bond donors (Lipinski definition) is 2. The van der Waals surface area contributed by atoms with Gasteiger partial charge in [0.2, 0.25) is 5.91 Å². The highest BCUT2D eigenvalue weighted by molar-refractivity contribution is 6.07. The lowest BCUT2D eigenvalue weighted by atomic mass is 10.0. The van der Waals surface area contributed by atoms with Crippen molar-refractivity contribution < 1.29 is 14.3 Å². The molecule has 5 heteroatoms. The third kappa shape index (κ3) is 4.10. The van der Waals surface area contributed by atoms with Crippen LogP contribution in [0.4, 0.5) is 11.4 Å². The Morgan fingerprint density at radius 3 is 2.26 bits per heavy atom. The van der Waals surface area contributed by atoms with Crippen molar-refractivity contribution in [3.63, 3.8) is 0 Å². The number of hydrogen-bond acceptors (Lipinski definition) is 3. The first-order chi connectivity index (χ1) is 10.9. The Morgan fingerprint density at radius 2 is 1.65 bits per heavy atom. The van der Waals surface area contributed by atoms with Crippen molar-refractivity contribution >= 4 is 23.2 Å². The molecule has 0 radical (unpaired) electrons. The number of carbonyl (C=O) groups excluding carboxylic acids is 2. The van der Waals surface area contributed by atoms with Crippen LogP contribution in [0.15, 0.2) is 36.4 Å². The van der Waals surface area contributed by atoms with Crippen LogP contribution in [0.1, 0.15) is 28.4 Å². The molecule has 0 saturated carbocycles.